The number of carbonyl (C=O) groups is 1. The number of nitrogens with two attached hydrogens (primary N) is 1. The number of nitrogens with zero attached hydrogens (tertiary/aromatic N) is 3. The van der Waals surface area contributed by atoms with Crippen LogP contribution < -0.4 is 10.6 Å². The Morgan fingerprint density at radius 1 is 1.65 bits per heavy atom. The fourth-order valence-corrected chi connectivity index (χ4v) is 2.23. The summed E-state index contributed by atoms with van der Waals surface area (Å²) in [5, 5.41) is 8.83. The first-order chi connectivity index (χ1) is 8.06. The van der Waals surface area contributed by atoms with Crippen molar-refractivity contribution in [2.75, 3.05) is 11.4 Å². The molecule has 2 rings (SSSR count). The van der Waals surface area contributed by atoms with Gasteiger partial charge in [0, 0.05) is 12.1 Å². The topological polar surface area (TPSA) is 83.0 Å². The summed E-state index contributed by atoms with van der Waals surface area (Å²) < 4.78 is 14.0. The molecule has 0 unspecified atom stereocenters. The molecule has 17 heavy (non-hydrogen) atoms. The van der Waals surface area contributed by atoms with Crippen LogP contribution >= 0.6 is 15.9 Å². The van der Waals surface area contributed by atoms with Crippen molar-refractivity contribution in [3.63, 3.8) is 0 Å². The van der Waals surface area contributed by atoms with Crippen molar-refractivity contribution in [3.8, 4) is 6.07 Å². The lowest BCUT2D eigenvalue weighted by molar-refractivity contribution is 0.253. The second kappa shape index (κ2) is 4.30. The number of aromatic nitrogens is 1. The molecule has 0 saturated carbocycles. The standard InChI is InChI=1S/C10H8BrFN4O/c11-7-6(4-13)15-9-5(8(7)12)2-1-3-16(9)10(14)17/h1-3H2,(H2,14,17). The molecule has 0 bridgehead atoms. The number of carbonyl (C=O) groups excluding carboxylic acids is 1. The Balaban J connectivity index is 2.67. The van der Waals surface area contributed by atoms with E-state index in [0.29, 0.717) is 24.9 Å². The quantitative estimate of drug-likeness (QED) is 0.791. The third-order valence-corrected chi connectivity index (χ3v) is 3.31. The Labute approximate surface area is 105 Å². The Morgan fingerprint density at radius 2 is 2.35 bits per heavy atom. The summed E-state index contributed by atoms with van der Waals surface area (Å²) in [6.45, 7) is 0.390. The van der Waals surface area contributed by atoms with Gasteiger partial charge in [0.1, 0.15) is 17.7 Å². The molecule has 1 aliphatic rings. The van der Waals surface area contributed by atoms with Gasteiger partial charge >= 0.3 is 6.03 Å². The van der Waals surface area contributed by atoms with Crippen molar-refractivity contribution in [1.29, 1.82) is 5.26 Å². The summed E-state index contributed by atoms with van der Waals surface area (Å²) in [5.74, 6) is -0.390. The van der Waals surface area contributed by atoms with Crippen molar-refractivity contribution >= 4 is 27.8 Å². The number of hydrogen-bond donors (Lipinski definition) is 1. The molecular weight excluding hydrogens is 291 g/mol. The lowest BCUT2D eigenvalue weighted by Crippen LogP contribution is -2.40. The summed E-state index contributed by atoms with van der Waals surface area (Å²) in [6.07, 6.45) is 1.09. The van der Waals surface area contributed by atoms with Crippen molar-refractivity contribution < 1.29 is 9.18 Å². The number of anilines is 1. The van der Waals surface area contributed by atoms with Crippen molar-refractivity contribution in [1.82, 2.24) is 4.98 Å². The minimum absolute atomic E-state index is 0.0325. The van der Waals surface area contributed by atoms with E-state index in [9.17, 15) is 9.18 Å². The number of urea groups is 1. The maximum atomic E-state index is 14.0. The van der Waals surface area contributed by atoms with Crippen LogP contribution in [-0.2, 0) is 6.42 Å². The molecular formula is C10H8BrFN4O. The molecule has 2 N–H and O–H groups in total. The lowest BCUT2D eigenvalue weighted by atomic mass is 10.0. The van der Waals surface area contributed by atoms with Gasteiger partial charge < -0.3 is 5.73 Å². The van der Waals surface area contributed by atoms with Gasteiger partial charge in [0.05, 0.1) is 4.47 Å². The zero-order valence-electron chi connectivity index (χ0n) is 8.70. The second-order valence-corrected chi connectivity index (χ2v) is 4.39. The number of fused-ring (bicyclic) bond motifs is 1. The highest BCUT2D eigenvalue weighted by atomic mass is 79.9. The highest BCUT2D eigenvalue weighted by Gasteiger charge is 2.27. The van der Waals surface area contributed by atoms with E-state index in [1.807, 2.05) is 0 Å². The van der Waals surface area contributed by atoms with E-state index in [2.05, 4.69) is 20.9 Å². The predicted molar refractivity (Wildman–Crippen MR) is 61.9 cm³/mol. The van der Waals surface area contributed by atoms with Crippen molar-refractivity contribution in [2.45, 2.75) is 12.8 Å². The highest BCUT2D eigenvalue weighted by molar-refractivity contribution is 9.10. The molecule has 2 heterocycles. The van der Waals surface area contributed by atoms with E-state index in [1.165, 1.54) is 4.90 Å². The van der Waals surface area contributed by atoms with Gasteiger partial charge in [0.25, 0.3) is 0 Å². The van der Waals surface area contributed by atoms with Crippen LogP contribution in [0, 0.1) is 17.1 Å². The lowest BCUT2D eigenvalue weighted by Gasteiger charge is -2.27. The molecule has 1 aliphatic heterocycles. The van der Waals surface area contributed by atoms with Crippen LogP contribution in [0.5, 0.6) is 0 Å². The number of pyridine rings is 1. The second-order valence-electron chi connectivity index (χ2n) is 3.60. The molecule has 0 saturated heterocycles. The first-order valence-electron chi connectivity index (χ1n) is 4.91. The molecule has 0 aromatic carbocycles. The van der Waals surface area contributed by atoms with Gasteiger partial charge in [-0.3, -0.25) is 4.90 Å². The van der Waals surface area contributed by atoms with Crippen molar-refractivity contribution in [3.05, 3.63) is 21.5 Å². The summed E-state index contributed by atoms with van der Waals surface area (Å²) >= 11 is 2.98. The Bertz CT molecular complexity index is 540. The van der Waals surface area contributed by atoms with Gasteiger partial charge in [0.15, 0.2) is 5.69 Å². The monoisotopic (exact) mass is 298 g/mol. The van der Waals surface area contributed by atoms with Gasteiger partial charge in [-0.2, -0.15) is 5.26 Å². The molecule has 0 fully saturated rings. The van der Waals surface area contributed by atoms with E-state index >= 15 is 0 Å². The van der Waals surface area contributed by atoms with Crippen molar-refractivity contribution in [2.24, 2.45) is 5.73 Å². The van der Waals surface area contributed by atoms with Crippen LogP contribution in [0.1, 0.15) is 17.7 Å². The molecule has 0 spiro atoms. The van der Waals surface area contributed by atoms with E-state index in [1.54, 1.807) is 6.07 Å². The smallest absolute Gasteiger partial charge is 0.320 e. The molecule has 0 atom stereocenters. The van der Waals surface area contributed by atoms with Crippen LogP contribution in [0.3, 0.4) is 0 Å². The van der Waals surface area contributed by atoms with E-state index < -0.39 is 11.8 Å². The Hall–Kier alpha value is -1.68. The van der Waals surface area contributed by atoms with Gasteiger partial charge in [-0.15, -0.1) is 0 Å². The number of halogens is 2. The molecule has 1 aromatic rings. The number of nitriles is 1. The average Bonchev–Trinajstić information content (AvgIpc) is 2.32. The van der Waals surface area contributed by atoms with Crippen LogP contribution in [0.15, 0.2) is 4.47 Å². The SMILES string of the molecule is N#Cc1nc2c(c(F)c1Br)CCCN2C(N)=O. The average molecular weight is 299 g/mol. The Kier molecular flexibility index (Phi) is 2.98. The largest absolute Gasteiger partial charge is 0.351 e. The molecule has 88 valence electrons. The number of amides is 2. The minimum atomic E-state index is -0.691. The van der Waals surface area contributed by atoms with Crippen LogP contribution in [0.4, 0.5) is 15.0 Å². The fraction of sp³-hybridized carbons (Fsp3) is 0.300. The van der Waals surface area contributed by atoms with E-state index in [-0.39, 0.29) is 16.0 Å². The predicted octanol–water partition coefficient (Wildman–Crippen LogP) is 1.69. The van der Waals surface area contributed by atoms with Gasteiger partial charge in [-0.05, 0) is 28.8 Å². The minimum Gasteiger partial charge on any atom is -0.351 e. The first-order valence-corrected chi connectivity index (χ1v) is 5.70. The molecule has 0 aliphatic carbocycles. The molecule has 1 aromatic heterocycles. The normalized spacial score (nSPS) is 14.1. The number of rotatable bonds is 0. The van der Waals surface area contributed by atoms with Crippen LogP contribution in [0.25, 0.3) is 0 Å². The summed E-state index contributed by atoms with van der Waals surface area (Å²) in [4.78, 5) is 16.4. The Morgan fingerprint density at radius 3 is 2.94 bits per heavy atom. The number of hydrogen-bond acceptors (Lipinski definition) is 3. The zero-order chi connectivity index (χ0) is 12.6. The van der Waals surface area contributed by atoms with Crippen LogP contribution in [0.2, 0.25) is 0 Å². The molecule has 5 nitrogen and oxygen atoms in total. The maximum absolute atomic E-state index is 14.0. The van der Waals surface area contributed by atoms with Crippen LogP contribution in [-0.4, -0.2) is 17.6 Å². The fourth-order valence-electron chi connectivity index (χ4n) is 1.81. The van der Waals surface area contributed by atoms with E-state index in [4.69, 9.17) is 11.0 Å². The molecule has 7 heteroatoms. The van der Waals surface area contributed by atoms with Gasteiger partial charge in [0.2, 0.25) is 0 Å². The van der Waals surface area contributed by atoms with Gasteiger partial charge in [-0.1, -0.05) is 0 Å². The highest BCUT2D eigenvalue weighted by Crippen LogP contribution is 2.32. The summed E-state index contributed by atoms with van der Waals surface area (Å²) in [6, 6.07) is 1.08. The summed E-state index contributed by atoms with van der Waals surface area (Å²) in [5.41, 5.74) is 5.42. The third kappa shape index (κ3) is 1.85. The zero-order valence-corrected chi connectivity index (χ0v) is 10.3. The maximum Gasteiger partial charge on any atom is 0.320 e. The molecule has 2 amide bonds. The van der Waals surface area contributed by atoms with E-state index in [0.717, 1.165) is 0 Å². The third-order valence-electron chi connectivity index (χ3n) is 2.59. The molecule has 0 radical (unpaired) electrons. The first kappa shape index (κ1) is 11.8. The number of primary amides is 1. The summed E-state index contributed by atoms with van der Waals surface area (Å²) in [7, 11) is 0. The van der Waals surface area contributed by atoms with Gasteiger partial charge in [-0.25, -0.2) is 14.2 Å².